The summed E-state index contributed by atoms with van der Waals surface area (Å²) in [4.78, 5) is 48.1. The maximum atomic E-state index is 13.8. The normalized spacial score (nSPS) is 16.9. The molecule has 2 amide bonds. The second kappa shape index (κ2) is 13.9. The molecule has 3 aromatic carbocycles. The number of anilines is 1. The molecular weight excluding hydrogens is 617 g/mol. The van der Waals surface area contributed by atoms with Crippen molar-refractivity contribution in [3.63, 3.8) is 0 Å². The first-order chi connectivity index (χ1) is 23.1. The molecule has 0 saturated heterocycles. The van der Waals surface area contributed by atoms with E-state index in [9.17, 15) is 23.9 Å². The van der Waals surface area contributed by atoms with Gasteiger partial charge >= 0.3 is 5.97 Å². The summed E-state index contributed by atoms with van der Waals surface area (Å²) in [5.74, 6) is -1.65. The van der Waals surface area contributed by atoms with Gasteiger partial charge < -0.3 is 30.5 Å². The summed E-state index contributed by atoms with van der Waals surface area (Å²) in [6, 6.07) is 16.3. The number of carbonyl (C=O) groups excluding carboxylic acids is 3. The number of methoxy groups -OCH3 is 2. The number of hydrogen-bond acceptors (Lipinski definition) is 9. The van der Waals surface area contributed by atoms with E-state index in [1.54, 1.807) is 31.2 Å². The molecular formula is C36H36FN5O6. The van der Waals surface area contributed by atoms with Crippen LogP contribution >= 0.6 is 0 Å². The number of fused-ring (bicyclic) bond motifs is 2. The monoisotopic (exact) mass is 653 g/mol. The summed E-state index contributed by atoms with van der Waals surface area (Å²) in [7, 11) is 2.76. The van der Waals surface area contributed by atoms with E-state index in [4.69, 9.17) is 9.47 Å². The Morgan fingerprint density at radius 1 is 0.896 bits per heavy atom. The number of aliphatic hydroxyl groups is 1. The number of carbonyl (C=O) groups is 3. The Hall–Kier alpha value is -5.20. The highest BCUT2D eigenvalue weighted by atomic mass is 19.1. The lowest BCUT2D eigenvalue weighted by Crippen LogP contribution is -2.30. The average Bonchev–Trinajstić information content (AvgIpc) is 3.70. The van der Waals surface area contributed by atoms with Crippen LogP contribution in [0.1, 0.15) is 101 Å². The number of aromatic nitrogens is 2. The van der Waals surface area contributed by atoms with Gasteiger partial charge in [-0.1, -0.05) is 36.4 Å². The number of aryl methyl sites for hydroxylation is 3. The Kier molecular flexibility index (Phi) is 9.47. The molecule has 4 aromatic rings. The van der Waals surface area contributed by atoms with Crippen molar-refractivity contribution in [2.75, 3.05) is 19.5 Å². The molecule has 2 unspecified atom stereocenters. The predicted molar refractivity (Wildman–Crippen MR) is 174 cm³/mol. The lowest BCUT2D eigenvalue weighted by atomic mass is 10.0. The zero-order chi connectivity index (χ0) is 33.9. The number of halogens is 1. The highest BCUT2D eigenvalue weighted by Gasteiger charge is 2.28. The fraction of sp³-hybridized carbons (Fsp3) is 0.306. The van der Waals surface area contributed by atoms with Crippen LogP contribution in [0.4, 0.5) is 10.3 Å². The number of amides is 2. The third-order valence-electron chi connectivity index (χ3n) is 8.87. The van der Waals surface area contributed by atoms with Gasteiger partial charge in [0.1, 0.15) is 17.2 Å². The molecule has 2 aliphatic carbocycles. The molecule has 0 aliphatic heterocycles. The number of esters is 1. The molecule has 0 spiro atoms. The lowest BCUT2D eigenvalue weighted by molar-refractivity contribution is -0.0769. The van der Waals surface area contributed by atoms with Crippen molar-refractivity contribution in [2.24, 2.45) is 0 Å². The molecule has 0 saturated carbocycles. The number of hydrogen-bond donors (Lipinski definition) is 4. The van der Waals surface area contributed by atoms with Gasteiger partial charge in [0.15, 0.2) is 6.29 Å². The first-order valence-electron chi connectivity index (χ1n) is 15.7. The van der Waals surface area contributed by atoms with Crippen LogP contribution in [0.25, 0.3) is 0 Å². The molecule has 1 aromatic heterocycles. The van der Waals surface area contributed by atoms with Crippen molar-refractivity contribution in [1.82, 2.24) is 20.6 Å². The molecule has 11 nitrogen and oxygen atoms in total. The van der Waals surface area contributed by atoms with Gasteiger partial charge in [-0.05, 0) is 84.2 Å². The lowest BCUT2D eigenvalue weighted by Gasteiger charge is -2.18. The van der Waals surface area contributed by atoms with Gasteiger partial charge in [-0.3, -0.25) is 9.59 Å². The molecule has 1 heterocycles. The molecule has 4 N–H and O–H groups in total. The third kappa shape index (κ3) is 6.90. The molecule has 2 aliphatic rings. The molecule has 3 atom stereocenters. The predicted octanol–water partition coefficient (Wildman–Crippen LogP) is 4.79. The van der Waals surface area contributed by atoms with Gasteiger partial charge in [0.25, 0.3) is 11.8 Å². The first-order valence-corrected chi connectivity index (χ1v) is 15.7. The van der Waals surface area contributed by atoms with Gasteiger partial charge in [-0.2, -0.15) is 0 Å². The molecule has 6 rings (SSSR count). The quantitative estimate of drug-likeness (QED) is 0.140. The van der Waals surface area contributed by atoms with E-state index in [0.29, 0.717) is 47.9 Å². The highest BCUT2D eigenvalue weighted by Crippen LogP contribution is 2.35. The van der Waals surface area contributed by atoms with Crippen LogP contribution in [-0.4, -0.2) is 47.1 Å². The fourth-order valence-corrected chi connectivity index (χ4v) is 6.31. The first kappa shape index (κ1) is 32.7. The Morgan fingerprint density at radius 3 is 2.31 bits per heavy atom. The number of nitrogens with one attached hydrogen (secondary N) is 3. The Morgan fingerprint density at radius 2 is 1.58 bits per heavy atom. The maximum absolute atomic E-state index is 13.8. The highest BCUT2D eigenvalue weighted by molar-refractivity contribution is 5.98. The third-order valence-corrected chi connectivity index (χ3v) is 8.87. The summed E-state index contributed by atoms with van der Waals surface area (Å²) < 4.78 is 23.6. The van der Waals surface area contributed by atoms with Crippen LogP contribution in [-0.2, 0) is 28.9 Å². The van der Waals surface area contributed by atoms with Crippen molar-refractivity contribution < 1.29 is 33.4 Å². The molecule has 248 valence electrons. The van der Waals surface area contributed by atoms with Crippen molar-refractivity contribution in [3.8, 4) is 0 Å². The van der Waals surface area contributed by atoms with Crippen molar-refractivity contribution in [1.29, 1.82) is 0 Å². The summed E-state index contributed by atoms with van der Waals surface area (Å²) in [5.41, 5.74) is 6.15. The standard InChI is InChI=1S/C36H36FN5O6/c1-19-14-20(4-11-27(19)37)18-38-32(43)30-17-31(33(44)39-28-12-7-21-15-23(34(45)47-2)5-9-25(21)28)42-36(41-30)40-29-13-8-22-16-24(35(46)48-3)6-10-26(22)29/h4-6,9-11,14-17,28-29,34,45H,7-8,12-13,18H2,1-3H3,(H,38,43)(H,39,44)(H,40,41,42)/t28-,29?,34?/m0/s1. The molecule has 12 heteroatoms. The number of aliphatic hydroxyl groups excluding tert-OH is 1. The average molecular weight is 654 g/mol. The van der Waals surface area contributed by atoms with Crippen molar-refractivity contribution in [2.45, 2.75) is 57.5 Å². The van der Waals surface area contributed by atoms with Crippen LogP contribution in [0.3, 0.4) is 0 Å². The van der Waals surface area contributed by atoms with Crippen LogP contribution in [0.15, 0.2) is 60.7 Å². The van der Waals surface area contributed by atoms with Crippen molar-refractivity contribution >= 4 is 23.7 Å². The van der Waals surface area contributed by atoms with E-state index in [0.717, 1.165) is 22.3 Å². The summed E-state index contributed by atoms with van der Waals surface area (Å²) >= 11 is 0. The largest absolute Gasteiger partial charge is 0.465 e. The van der Waals surface area contributed by atoms with Crippen LogP contribution in [0.2, 0.25) is 0 Å². The molecule has 0 radical (unpaired) electrons. The van der Waals surface area contributed by atoms with Crippen molar-refractivity contribution in [3.05, 3.63) is 122 Å². The number of rotatable bonds is 10. The molecule has 0 bridgehead atoms. The van der Waals surface area contributed by atoms with Gasteiger partial charge in [-0.15, -0.1) is 0 Å². The van der Waals surface area contributed by atoms with Crippen LogP contribution < -0.4 is 16.0 Å². The zero-order valence-electron chi connectivity index (χ0n) is 26.8. The number of ether oxygens (including phenoxy) is 2. The minimum absolute atomic E-state index is 0.00871. The fourth-order valence-electron chi connectivity index (χ4n) is 6.31. The smallest absolute Gasteiger partial charge is 0.337 e. The van der Waals surface area contributed by atoms with E-state index in [2.05, 4.69) is 25.9 Å². The summed E-state index contributed by atoms with van der Waals surface area (Å²) in [6.45, 7) is 1.78. The molecule has 0 fully saturated rings. The number of nitrogens with zero attached hydrogens (tertiary/aromatic N) is 2. The zero-order valence-corrected chi connectivity index (χ0v) is 26.8. The molecule has 48 heavy (non-hydrogen) atoms. The minimum Gasteiger partial charge on any atom is -0.465 e. The SMILES string of the molecule is COC(=O)c1ccc2c(c1)CCC2Nc1nc(C(=O)NCc2ccc(F)c(C)c2)cc(C(=O)N[C@H]2CCc3cc(C(O)OC)ccc32)n1. The Labute approximate surface area is 276 Å². The maximum Gasteiger partial charge on any atom is 0.337 e. The van der Waals surface area contributed by atoms with E-state index in [1.165, 1.54) is 26.4 Å². The van der Waals surface area contributed by atoms with E-state index in [1.807, 2.05) is 24.3 Å². The van der Waals surface area contributed by atoms with Gasteiger partial charge in [0, 0.05) is 25.3 Å². The van der Waals surface area contributed by atoms with Gasteiger partial charge in [0.05, 0.1) is 24.8 Å². The van der Waals surface area contributed by atoms with E-state index >= 15 is 0 Å². The topological polar surface area (TPSA) is 152 Å². The summed E-state index contributed by atoms with van der Waals surface area (Å²) in [5, 5.41) is 19.2. The van der Waals surface area contributed by atoms with E-state index < -0.39 is 24.1 Å². The summed E-state index contributed by atoms with van der Waals surface area (Å²) in [6.07, 6.45) is 1.71. The van der Waals surface area contributed by atoms with Crippen LogP contribution in [0, 0.1) is 12.7 Å². The minimum atomic E-state index is -1.03. The van der Waals surface area contributed by atoms with Gasteiger partial charge in [-0.25, -0.2) is 19.2 Å². The second-order valence-corrected chi connectivity index (χ2v) is 12.0. The second-order valence-electron chi connectivity index (χ2n) is 12.0. The van der Waals surface area contributed by atoms with Gasteiger partial charge in [0.2, 0.25) is 5.95 Å². The Balaban J connectivity index is 1.25. The van der Waals surface area contributed by atoms with E-state index in [-0.39, 0.29) is 41.8 Å². The van der Waals surface area contributed by atoms with Crippen LogP contribution in [0.5, 0.6) is 0 Å². The Bertz CT molecular complexity index is 1900. The number of benzene rings is 3.